The summed E-state index contributed by atoms with van der Waals surface area (Å²) in [6.45, 7) is 3.15. The first-order valence-corrected chi connectivity index (χ1v) is 13.4. The molecule has 0 aromatic heterocycles. The highest BCUT2D eigenvalue weighted by Gasteiger charge is 2.23. The Hall–Kier alpha value is -3.92. The second kappa shape index (κ2) is 16.1. The van der Waals surface area contributed by atoms with E-state index in [1.807, 2.05) is 42.5 Å². The summed E-state index contributed by atoms with van der Waals surface area (Å²) in [5, 5.41) is 12.9. The Labute approximate surface area is 229 Å². The predicted molar refractivity (Wildman–Crippen MR) is 146 cm³/mol. The lowest BCUT2D eigenvalue weighted by molar-refractivity contribution is -0.137. The number of amides is 3. The van der Waals surface area contributed by atoms with Gasteiger partial charge in [0.2, 0.25) is 17.7 Å². The molecule has 1 fully saturated rings. The van der Waals surface area contributed by atoms with Crippen molar-refractivity contribution in [3.05, 3.63) is 65.7 Å². The van der Waals surface area contributed by atoms with Crippen LogP contribution in [0.15, 0.2) is 54.6 Å². The Morgan fingerprint density at radius 3 is 2.46 bits per heavy atom. The first-order chi connectivity index (χ1) is 19.0. The van der Waals surface area contributed by atoms with E-state index in [1.54, 1.807) is 4.90 Å². The number of fused-ring (bicyclic) bond motifs is 1. The number of carbonyl (C=O) groups is 4. The van der Waals surface area contributed by atoms with E-state index >= 15 is 0 Å². The van der Waals surface area contributed by atoms with Crippen LogP contribution in [0.1, 0.15) is 42.7 Å². The first kappa shape index (κ1) is 29.6. The van der Waals surface area contributed by atoms with Crippen LogP contribution in [0.4, 0.5) is 0 Å². The fraction of sp³-hybridized carbons (Fsp3) is 0.448. The minimum atomic E-state index is -0.250. The number of benzene rings is 2. The van der Waals surface area contributed by atoms with Crippen LogP contribution < -0.4 is 15.4 Å². The van der Waals surface area contributed by atoms with Crippen LogP contribution in [0.2, 0.25) is 0 Å². The minimum absolute atomic E-state index is 0.0176. The molecule has 0 radical (unpaired) electrons. The number of carboxylic acid groups (broad SMARTS) is 1. The van der Waals surface area contributed by atoms with Crippen molar-refractivity contribution in [1.82, 2.24) is 20.4 Å². The molecule has 3 N–H and O–H groups in total. The molecule has 10 heteroatoms. The van der Waals surface area contributed by atoms with Gasteiger partial charge in [-0.05, 0) is 36.8 Å². The number of nitrogens with zero attached hydrogens (tertiary/aromatic N) is 2. The molecule has 2 aliphatic rings. The Balaban J connectivity index is 0.00000134. The quantitative estimate of drug-likeness (QED) is 0.510. The number of para-hydroxylation sites is 1. The van der Waals surface area contributed by atoms with E-state index in [0.717, 1.165) is 24.2 Å². The van der Waals surface area contributed by atoms with Gasteiger partial charge in [-0.15, -0.1) is 0 Å². The molecule has 1 atom stereocenters. The molecular formula is C29H38N4O6. The monoisotopic (exact) mass is 538 g/mol. The third-order valence-electron chi connectivity index (χ3n) is 6.81. The molecule has 1 saturated heterocycles. The van der Waals surface area contributed by atoms with Gasteiger partial charge in [0.15, 0.2) is 0 Å². The number of carbonyl (C=O) groups excluding carboxylic acids is 3. The lowest BCUT2D eigenvalue weighted by Gasteiger charge is -2.27. The fourth-order valence-corrected chi connectivity index (χ4v) is 4.81. The third-order valence-corrected chi connectivity index (χ3v) is 6.81. The van der Waals surface area contributed by atoms with E-state index in [9.17, 15) is 14.4 Å². The van der Waals surface area contributed by atoms with Crippen molar-refractivity contribution < 1.29 is 29.0 Å². The zero-order valence-corrected chi connectivity index (χ0v) is 22.2. The number of hydrogen-bond acceptors (Lipinski definition) is 6. The van der Waals surface area contributed by atoms with E-state index < -0.39 is 0 Å². The van der Waals surface area contributed by atoms with Crippen molar-refractivity contribution in [2.75, 3.05) is 45.9 Å². The number of hydrogen-bond donors (Lipinski definition) is 3. The van der Waals surface area contributed by atoms with Crippen LogP contribution in [0, 0.1) is 0 Å². The summed E-state index contributed by atoms with van der Waals surface area (Å²) in [6.07, 6.45) is 2.51. The molecule has 0 spiro atoms. The van der Waals surface area contributed by atoms with Gasteiger partial charge in [-0.1, -0.05) is 48.5 Å². The standard InChI is InChI=1S/C28H36N4O4.CH2O2/c33-26-12-11-23(22-7-2-1-3-8-22)13-15-30-27(34)20-32(16-6-14-29-26)28(35)21-31-17-18-36-25-10-5-4-9-24(25)19-31;2-1-3/h1-5,7-10,23H,6,11-21H2,(H,29,33)(H,30,34);1H,(H,2,3). The second-order valence-corrected chi connectivity index (χ2v) is 9.58. The smallest absolute Gasteiger partial charge is 0.290 e. The van der Waals surface area contributed by atoms with Crippen molar-refractivity contribution in [1.29, 1.82) is 0 Å². The molecule has 2 aromatic rings. The van der Waals surface area contributed by atoms with Crippen molar-refractivity contribution in [2.45, 2.75) is 38.1 Å². The average molecular weight is 539 g/mol. The average Bonchev–Trinajstić information content (AvgIpc) is 3.14. The topological polar surface area (TPSA) is 128 Å². The van der Waals surface area contributed by atoms with Gasteiger partial charge in [0, 0.05) is 44.7 Å². The Morgan fingerprint density at radius 2 is 1.67 bits per heavy atom. The Morgan fingerprint density at radius 1 is 0.949 bits per heavy atom. The maximum Gasteiger partial charge on any atom is 0.290 e. The van der Waals surface area contributed by atoms with E-state index in [-0.39, 0.29) is 43.2 Å². The van der Waals surface area contributed by atoms with Crippen molar-refractivity contribution in [3.63, 3.8) is 0 Å². The lowest BCUT2D eigenvalue weighted by Crippen LogP contribution is -2.46. The van der Waals surface area contributed by atoms with Gasteiger partial charge in [-0.3, -0.25) is 24.1 Å². The van der Waals surface area contributed by atoms with Gasteiger partial charge >= 0.3 is 0 Å². The van der Waals surface area contributed by atoms with Gasteiger partial charge in [0.1, 0.15) is 12.4 Å². The van der Waals surface area contributed by atoms with Crippen LogP contribution in [0.5, 0.6) is 5.75 Å². The van der Waals surface area contributed by atoms with Gasteiger partial charge in [0.25, 0.3) is 6.47 Å². The molecule has 210 valence electrons. The largest absolute Gasteiger partial charge is 0.492 e. The molecule has 2 heterocycles. The van der Waals surface area contributed by atoms with Crippen molar-refractivity contribution >= 4 is 24.2 Å². The fourth-order valence-electron chi connectivity index (χ4n) is 4.81. The van der Waals surface area contributed by atoms with Crippen LogP contribution >= 0.6 is 0 Å². The van der Waals surface area contributed by atoms with Gasteiger partial charge in [-0.2, -0.15) is 0 Å². The highest BCUT2D eigenvalue weighted by Crippen LogP contribution is 2.25. The van der Waals surface area contributed by atoms with Gasteiger partial charge in [0.05, 0.1) is 13.1 Å². The molecular weight excluding hydrogens is 500 g/mol. The molecule has 3 amide bonds. The number of nitrogens with one attached hydrogen (secondary N) is 2. The predicted octanol–water partition coefficient (Wildman–Crippen LogP) is 2.00. The maximum absolute atomic E-state index is 13.3. The highest BCUT2D eigenvalue weighted by atomic mass is 16.5. The number of ether oxygens (including phenoxy) is 1. The van der Waals surface area contributed by atoms with E-state index in [4.69, 9.17) is 14.6 Å². The Bertz CT molecular complexity index is 1080. The molecule has 39 heavy (non-hydrogen) atoms. The summed E-state index contributed by atoms with van der Waals surface area (Å²) >= 11 is 0. The number of rotatable bonds is 3. The van der Waals surface area contributed by atoms with Crippen molar-refractivity contribution in [3.8, 4) is 5.75 Å². The molecule has 0 bridgehead atoms. The summed E-state index contributed by atoms with van der Waals surface area (Å²) in [4.78, 5) is 50.5. The summed E-state index contributed by atoms with van der Waals surface area (Å²) in [7, 11) is 0. The summed E-state index contributed by atoms with van der Waals surface area (Å²) in [5.41, 5.74) is 2.23. The molecule has 1 unspecified atom stereocenters. The minimum Gasteiger partial charge on any atom is -0.492 e. The van der Waals surface area contributed by atoms with Crippen LogP contribution in [0.3, 0.4) is 0 Å². The third kappa shape index (κ3) is 10.0. The molecule has 4 rings (SSSR count). The van der Waals surface area contributed by atoms with Gasteiger partial charge in [-0.25, -0.2) is 0 Å². The van der Waals surface area contributed by atoms with Gasteiger partial charge < -0.3 is 25.4 Å². The van der Waals surface area contributed by atoms with E-state index in [0.29, 0.717) is 52.2 Å². The summed E-state index contributed by atoms with van der Waals surface area (Å²) in [5.74, 6) is 0.824. The van der Waals surface area contributed by atoms with Crippen LogP contribution in [0.25, 0.3) is 0 Å². The van der Waals surface area contributed by atoms with Crippen molar-refractivity contribution in [2.24, 2.45) is 0 Å². The van der Waals surface area contributed by atoms with Crippen LogP contribution in [-0.2, 0) is 25.7 Å². The normalized spacial score (nSPS) is 19.4. The summed E-state index contributed by atoms with van der Waals surface area (Å²) in [6, 6.07) is 18.0. The van der Waals surface area contributed by atoms with E-state index in [1.165, 1.54) is 5.56 Å². The maximum atomic E-state index is 13.3. The highest BCUT2D eigenvalue weighted by molar-refractivity contribution is 5.85. The SMILES string of the molecule is O=C1CCC(c2ccccc2)CCNC(=O)CN(C(=O)CN2CCOc3ccccc3C2)CCCN1.O=CO. The molecule has 2 aliphatic heterocycles. The zero-order chi connectivity index (χ0) is 27.9. The Kier molecular flexibility index (Phi) is 12.3. The lowest BCUT2D eigenvalue weighted by atomic mass is 9.91. The molecule has 0 saturated carbocycles. The first-order valence-electron chi connectivity index (χ1n) is 13.4. The molecule has 2 aromatic carbocycles. The molecule has 10 nitrogen and oxygen atoms in total. The zero-order valence-electron chi connectivity index (χ0n) is 22.2. The van der Waals surface area contributed by atoms with Crippen LogP contribution in [-0.4, -0.2) is 85.0 Å². The second-order valence-electron chi connectivity index (χ2n) is 9.58. The summed E-state index contributed by atoms with van der Waals surface area (Å²) < 4.78 is 5.82. The molecule has 0 aliphatic carbocycles. The van der Waals surface area contributed by atoms with E-state index in [2.05, 4.69) is 27.7 Å².